The Balaban J connectivity index is 3.16. The molecule has 0 radical (unpaired) electrons. The first-order chi connectivity index (χ1) is 8.45. The average molecular weight is 287 g/mol. The van der Waals surface area contributed by atoms with Crippen molar-refractivity contribution >= 4 is 41.0 Å². The van der Waals surface area contributed by atoms with Gasteiger partial charge in [0.15, 0.2) is 5.78 Å². The lowest BCUT2D eigenvalue weighted by Crippen LogP contribution is -2.13. The van der Waals surface area contributed by atoms with Crippen LogP contribution in [0, 0.1) is 0 Å². The maximum atomic E-state index is 11.6. The van der Waals surface area contributed by atoms with Crippen LogP contribution < -0.4 is 0 Å². The zero-order chi connectivity index (χ0) is 13.7. The van der Waals surface area contributed by atoms with Crippen LogP contribution in [0.1, 0.15) is 19.4 Å². The average Bonchev–Trinajstić information content (AvgIpc) is 2.27. The van der Waals surface area contributed by atoms with E-state index in [-0.39, 0.29) is 18.0 Å². The van der Waals surface area contributed by atoms with E-state index < -0.39 is 5.97 Å². The first kappa shape index (κ1) is 14.7. The minimum Gasteiger partial charge on any atom is -0.462 e. The summed E-state index contributed by atoms with van der Waals surface area (Å²) in [4.78, 5) is 23.0. The Bertz CT molecular complexity index is 507. The van der Waals surface area contributed by atoms with Gasteiger partial charge in [0.25, 0.3) is 0 Å². The Hall–Kier alpha value is -1.32. The summed E-state index contributed by atoms with van der Waals surface area (Å²) in [5.74, 6) is -1.03. The normalized spacial score (nSPS) is 11.2. The molecular formula is C13H12Cl2O3. The molecule has 0 heterocycles. The second kappa shape index (κ2) is 6.57. The molecule has 0 N–H and O–H groups in total. The number of esters is 1. The van der Waals surface area contributed by atoms with Crippen LogP contribution >= 0.6 is 23.2 Å². The van der Waals surface area contributed by atoms with Crippen LogP contribution in [0.15, 0.2) is 23.8 Å². The molecule has 0 fully saturated rings. The van der Waals surface area contributed by atoms with Gasteiger partial charge in [-0.15, -0.1) is 0 Å². The summed E-state index contributed by atoms with van der Waals surface area (Å²) < 4.78 is 4.80. The molecule has 96 valence electrons. The minimum atomic E-state index is -0.656. The van der Waals surface area contributed by atoms with Crippen molar-refractivity contribution in [1.82, 2.24) is 0 Å². The van der Waals surface area contributed by atoms with Crippen LogP contribution in [0.5, 0.6) is 0 Å². The molecule has 0 spiro atoms. The molecule has 0 aromatic heterocycles. The number of ether oxygens (including phenoxy) is 1. The van der Waals surface area contributed by atoms with Crippen molar-refractivity contribution in [3.05, 3.63) is 39.4 Å². The molecule has 18 heavy (non-hydrogen) atoms. The fourth-order valence-electron chi connectivity index (χ4n) is 1.29. The summed E-state index contributed by atoms with van der Waals surface area (Å²) in [6.07, 6.45) is 1.40. The summed E-state index contributed by atoms with van der Waals surface area (Å²) in [5, 5.41) is 0.850. The van der Waals surface area contributed by atoms with Gasteiger partial charge < -0.3 is 4.74 Å². The van der Waals surface area contributed by atoms with Crippen LogP contribution in [0.2, 0.25) is 10.0 Å². The van der Waals surface area contributed by atoms with Gasteiger partial charge in [-0.05, 0) is 37.6 Å². The maximum Gasteiger partial charge on any atom is 0.341 e. The summed E-state index contributed by atoms with van der Waals surface area (Å²) in [6, 6.07) is 4.80. The Labute approximate surface area is 115 Å². The quantitative estimate of drug-likeness (QED) is 0.368. The van der Waals surface area contributed by atoms with Gasteiger partial charge in [-0.3, -0.25) is 4.79 Å². The van der Waals surface area contributed by atoms with Gasteiger partial charge in [-0.1, -0.05) is 29.3 Å². The SMILES string of the molecule is CCOC(=O)C(=Cc1ccc(Cl)cc1Cl)C(C)=O. The van der Waals surface area contributed by atoms with Crippen LogP contribution in [-0.2, 0) is 14.3 Å². The number of carbonyl (C=O) groups is 2. The third kappa shape index (κ3) is 3.86. The molecule has 1 aromatic carbocycles. The van der Waals surface area contributed by atoms with Crippen LogP contribution in [0.4, 0.5) is 0 Å². The number of Topliss-reactive ketones (excluding diaryl/α,β-unsaturated/α-hetero) is 1. The smallest absolute Gasteiger partial charge is 0.341 e. The second-order valence-electron chi connectivity index (χ2n) is 3.50. The maximum absolute atomic E-state index is 11.6. The highest BCUT2D eigenvalue weighted by Crippen LogP contribution is 2.23. The monoisotopic (exact) mass is 286 g/mol. The molecule has 0 saturated carbocycles. The Morgan fingerprint density at radius 1 is 1.33 bits per heavy atom. The molecule has 0 atom stereocenters. The number of benzene rings is 1. The Morgan fingerprint density at radius 2 is 2.00 bits per heavy atom. The topological polar surface area (TPSA) is 43.4 Å². The highest BCUT2D eigenvalue weighted by Gasteiger charge is 2.16. The lowest BCUT2D eigenvalue weighted by atomic mass is 10.1. The Morgan fingerprint density at radius 3 is 2.50 bits per heavy atom. The molecule has 1 aromatic rings. The lowest BCUT2D eigenvalue weighted by molar-refractivity contribution is -0.139. The number of rotatable bonds is 4. The van der Waals surface area contributed by atoms with E-state index in [1.165, 1.54) is 19.1 Å². The van der Waals surface area contributed by atoms with Gasteiger partial charge in [0.1, 0.15) is 5.57 Å². The standard InChI is InChI=1S/C13H12Cl2O3/c1-3-18-13(17)11(8(2)16)6-9-4-5-10(14)7-12(9)15/h4-7H,3H2,1-2H3. The highest BCUT2D eigenvalue weighted by molar-refractivity contribution is 6.35. The van der Waals surface area contributed by atoms with E-state index in [1.807, 2.05) is 0 Å². The van der Waals surface area contributed by atoms with E-state index in [0.29, 0.717) is 15.6 Å². The Kier molecular flexibility index (Phi) is 5.38. The number of hydrogen-bond acceptors (Lipinski definition) is 3. The number of hydrogen-bond donors (Lipinski definition) is 0. The predicted molar refractivity (Wildman–Crippen MR) is 71.8 cm³/mol. The summed E-state index contributed by atoms with van der Waals surface area (Å²) in [7, 11) is 0. The zero-order valence-electron chi connectivity index (χ0n) is 10.00. The summed E-state index contributed by atoms with van der Waals surface area (Å²) >= 11 is 11.7. The molecule has 0 amide bonds. The molecule has 5 heteroatoms. The fourth-order valence-corrected chi connectivity index (χ4v) is 1.75. The zero-order valence-corrected chi connectivity index (χ0v) is 11.5. The van der Waals surface area contributed by atoms with Crippen molar-refractivity contribution in [1.29, 1.82) is 0 Å². The van der Waals surface area contributed by atoms with Gasteiger partial charge in [0.2, 0.25) is 0 Å². The van der Waals surface area contributed by atoms with E-state index >= 15 is 0 Å². The molecule has 0 bridgehead atoms. The first-order valence-electron chi connectivity index (χ1n) is 5.30. The largest absolute Gasteiger partial charge is 0.462 e. The minimum absolute atomic E-state index is 0.0407. The van der Waals surface area contributed by atoms with E-state index in [4.69, 9.17) is 27.9 Å². The van der Waals surface area contributed by atoms with Gasteiger partial charge in [-0.25, -0.2) is 4.79 Å². The van der Waals surface area contributed by atoms with Crippen molar-refractivity contribution in [3.8, 4) is 0 Å². The van der Waals surface area contributed by atoms with Gasteiger partial charge >= 0.3 is 5.97 Å². The van der Waals surface area contributed by atoms with Crippen molar-refractivity contribution in [2.24, 2.45) is 0 Å². The highest BCUT2D eigenvalue weighted by atomic mass is 35.5. The van der Waals surface area contributed by atoms with Crippen molar-refractivity contribution in [2.45, 2.75) is 13.8 Å². The molecule has 0 unspecified atom stereocenters. The van der Waals surface area contributed by atoms with Crippen molar-refractivity contribution in [2.75, 3.05) is 6.61 Å². The third-order valence-corrected chi connectivity index (χ3v) is 2.70. The van der Waals surface area contributed by atoms with Crippen molar-refractivity contribution < 1.29 is 14.3 Å². The number of ketones is 1. The molecule has 3 nitrogen and oxygen atoms in total. The number of carbonyl (C=O) groups excluding carboxylic acids is 2. The van der Waals surface area contributed by atoms with E-state index in [0.717, 1.165) is 0 Å². The summed E-state index contributed by atoms with van der Waals surface area (Å²) in [6.45, 7) is 3.18. The molecule has 1 rings (SSSR count). The fraction of sp³-hybridized carbons (Fsp3) is 0.231. The van der Waals surface area contributed by atoms with Crippen LogP contribution in [0.3, 0.4) is 0 Å². The molecule has 0 aliphatic heterocycles. The van der Waals surface area contributed by atoms with Crippen LogP contribution in [-0.4, -0.2) is 18.4 Å². The van der Waals surface area contributed by atoms with E-state index in [9.17, 15) is 9.59 Å². The van der Waals surface area contributed by atoms with Gasteiger partial charge in [0.05, 0.1) is 6.61 Å². The van der Waals surface area contributed by atoms with E-state index in [1.54, 1.807) is 19.1 Å². The lowest BCUT2D eigenvalue weighted by Gasteiger charge is -2.05. The molecule has 0 saturated heterocycles. The molecule has 0 aliphatic carbocycles. The molecule has 0 aliphatic rings. The van der Waals surface area contributed by atoms with Gasteiger partial charge in [-0.2, -0.15) is 0 Å². The van der Waals surface area contributed by atoms with Crippen LogP contribution in [0.25, 0.3) is 6.08 Å². The predicted octanol–water partition coefficient (Wildman–Crippen LogP) is 3.53. The van der Waals surface area contributed by atoms with E-state index in [2.05, 4.69) is 0 Å². The first-order valence-corrected chi connectivity index (χ1v) is 6.06. The summed E-state index contributed by atoms with van der Waals surface area (Å²) in [5.41, 5.74) is 0.500. The second-order valence-corrected chi connectivity index (χ2v) is 4.34. The number of halogens is 2. The third-order valence-electron chi connectivity index (χ3n) is 2.14. The van der Waals surface area contributed by atoms with Crippen molar-refractivity contribution in [3.63, 3.8) is 0 Å². The molecular weight excluding hydrogens is 275 g/mol. The van der Waals surface area contributed by atoms with Gasteiger partial charge in [0, 0.05) is 10.0 Å².